The first kappa shape index (κ1) is 22.8. The molecule has 0 unspecified atom stereocenters. The van der Waals surface area contributed by atoms with Crippen LogP contribution in [0.4, 0.5) is 0 Å². The van der Waals surface area contributed by atoms with Gasteiger partial charge in [-0.25, -0.2) is 14.7 Å². The van der Waals surface area contributed by atoms with Crippen molar-refractivity contribution in [2.45, 2.75) is 24.5 Å². The molecule has 5 N–H and O–H groups in total. The summed E-state index contributed by atoms with van der Waals surface area (Å²) in [6.45, 7) is -0.469. The maximum Gasteiger partial charge on any atom is 0.301 e. The zero-order chi connectivity index (χ0) is 23.8. The summed E-state index contributed by atoms with van der Waals surface area (Å²) in [6, 6.07) is 5.42. The number of carbonyl (C=O) groups is 1. The van der Waals surface area contributed by atoms with Crippen LogP contribution in [0.1, 0.15) is 16.6 Å². The Morgan fingerprint density at radius 3 is 2.70 bits per heavy atom. The topological polar surface area (TPSA) is 198 Å². The highest BCUT2D eigenvalue weighted by Crippen LogP contribution is 2.32. The number of aliphatic hydroxyl groups is 2. The first-order valence-electron chi connectivity index (χ1n) is 9.54. The standard InChI is InChI=1S/C18H20N6O8S/c1-31-17-12-15(19-7-20-17)24(8-21-12)18-14(27)13(26)11(32-18)6-22-33(29,30)23-16(28)9-4-2-3-5-10(9)25/h2-5,7-8,11,13-14,18,22,25-27H,6H2,1H3,(H,23,28)/t11-,13-,14+,18-/m1/s1. The van der Waals surface area contributed by atoms with Gasteiger partial charge in [-0.1, -0.05) is 12.1 Å². The molecule has 4 atom stereocenters. The van der Waals surface area contributed by atoms with Crippen molar-refractivity contribution < 1.29 is 38.0 Å². The van der Waals surface area contributed by atoms with E-state index < -0.39 is 53.0 Å². The quantitative estimate of drug-likeness (QED) is 0.262. The fraction of sp³-hybridized carbons (Fsp3) is 0.333. The number of hydrogen-bond acceptors (Lipinski definition) is 11. The molecule has 4 rings (SSSR count). The second-order valence-corrected chi connectivity index (χ2v) is 8.55. The van der Waals surface area contributed by atoms with Crippen LogP contribution in [-0.2, 0) is 14.9 Å². The van der Waals surface area contributed by atoms with Gasteiger partial charge < -0.3 is 24.8 Å². The number of nitrogens with zero attached hydrogens (tertiary/aromatic N) is 4. The molecule has 1 fully saturated rings. The second-order valence-electron chi connectivity index (χ2n) is 7.05. The molecular formula is C18H20N6O8S. The maximum atomic E-state index is 12.3. The molecule has 1 saturated heterocycles. The average molecular weight is 480 g/mol. The van der Waals surface area contributed by atoms with E-state index in [4.69, 9.17) is 9.47 Å². The van der Waals surface area contributed by atoms with Crippen molar-refractivity contribution in [1.29, 1.82) is 0 Å². The Hall–Kier alpha value is -3.37. The van der Waals surface area contributed by atoms with Crippen LogP contribution in [0, 0.1) is 0 Å². The minimum atomic E-state index is -4.38. The highest BCUT2D eigenvalue weighted by atomic mass is 32.2. The van der Waals surface area contributed by atoms with Crippen molar-refractivity contribution in [1.82, 2.24) is 29.0 Å². The van der Waals surface area contributed by atoms with E-state index in [1.165, 1.54) is 48.6 Å². The van der Waals surface area contributed by atoms with Crippen LogP contribution < -0.4 is 14.2 Å². The van der Waals surface area contributed by atoms with Crippen LogP contribution >= 0.6 is 0 Å². The first-order valence-corrected chi connectivity index (χ1v) is 11.0. The normalized spacial score (nSPS) is 23.0. The highest BCUT2D eigenvalue weighted by molar-refractivity contribution is 7.88. The van der Waals surface area contributed by atoms with E-state index in [1.54, 1.807) is 4.72 Å². The number of methoxy groups -OCH3 is 1. The van der Waals surface area contributed by atoms with E-state index in [1.807, 2.05) is 0 Å². The Kier molecular flexibility index (Phi) is 6.13. The molecule has 1 aliphatic rings. The number of carbonyl (C=O) groups excluding carboxylic acids is 1. The third-order valence-electron chi connectivity index (χ3n) is 4.98. The van der Waals surface area contributed by atoms with E-state index in [0.717, 1.165) is 0 Å². The monoisotopic (exact) mass is 480 g/mol. The Bertz CT molecular complexity index is 1280. The molecule has 0 bridgehead atoms. The molecule has 0 saturated carbocycles. The Morgan fingerprint density at radius 1 is 1.21 bits per heavy atom. The van der Waals surface area contributed by atoms with Crippen molar-refractivity contribution in [3.05, 3.63) is 42.5 Å². The minimum Gasteiger partial charge on any atom is -0.507 e. The Morgan fingerprint density at radius 2 is 1.97 bits per heavy atom. The van der Waals surface area contributed by atoms with Crippen LogP contribution in [0.5, 0.6) is 11.6 Å². The number of fused-ring (bicyclic) bond motifs is 1. The number of phenols is 1. The zero-order valence-corrected chi connectivity index (χ0v) is 17.9. The molecule has 1 amide bonds. The fourth-order valence-electron chi connectivity index (χ4n) is 3.36. The van der Waals surface area contributed by atoms with Crippen LogP contribution in [0.2, 0.25) is 0 Å². The summed E-state index contributed by atoms with van der Waals surface area (Å²) in [5.74, 6) is -1.24. The number of benzene rings is 1. The fourth-order valence-corrected chi connectivity index (χ4v) is 4.17. The van der Waals surface area contributed by atoms with Crippen molar-refractivity contribution in [2.75, 3.05) is 13.7 Å². The number of amides is 1. The van der Waals surface area contributed by atoms with Crippen molar-refractivity contribution in [2.24, 2.45) is 0 Å². The third kappa shape index (κ3) is 4.44. The summed E-state index contributed by atoms with van der Waals surface area (Å²) in [6.07, 6.45) is -2.64. The van der Waals surface area contributed by atoms with Crippen molar-refractivity contribution in [3.63, 3.8) is 0 Å². The third-order valence-corrected chi connectivity index (χ3v) is 5.98. The van der Waals surface area contributed by atoms with Gasteiger partial charge in [-0.2, -0.15) is 18.1 Å². The number of aromatic hydroxyl groups is 1. The molecule has 3 aromatic rings. The van der Waals surface area contributed by atoms with Crippen molar-refractivity contribution in [3.8, 4) is 11.6 Å². The SMILES string of the molecule is COc1ncnc2c1ncn2[C@@H]1O[C@H](CNS(=O)(=O)NC(=O)c2ccccc2O)[C@@H](O)[C@@H]1O. The van der Waals surface area contributed by atoms with Gasteiger partial charge in [-0.3, -0.25) is 9.36 Å². The number of rotatable bonds is 7. The highest BCUT2D eigenvalue weighted by Gasteiger charge is 2.44. The number of phenolic OH excluding ortho intramolecular Hbond substituents is 1. The maximum absolute atomic E-state index is 12.3. The van der Waals surface area contributed by atoms with E-state index in [-0.39, 0.29) is 17.1 Å². The van der Waals surface area contributed by atoms with Gasteiger partial charge in [0.15, 0.2) is 17.4 Å². The molecule has 33 heavy (non-hydrogen) atoms. The van der Waals surface area contributed by atoms with Crippen LogP contribution in [-0.4, -0.2) is 81.1 Å². The number of aromatic nitrogens is 4. The largest absolute Gasteiger partial charge is 0.507 e. The summed E-state index contributed by atoms with van der Waals surface area (Å²) >= 11 is 0. The van der Waals surface area contributed by atoms with E-state index in [2.05, 4.69) is 19.7 Å². The smallest absolute Gasteiger partial charge is 0.301 e. The van der Waals surface area contributed by atoms with Crippen LogP contribution in [0.3, 0.4) is 0 Å². The molecule has 14 nitrogen and oxygen atoms in total. The molecule has 2 aromatic heterocycles. The van der Waals surface area contributed by atoms with Gasteiger partial charge in [0.2, 0.25) is 5.88 Å². The Balaban J connectivity index is 1.45. The Labute approximate surface area is 187 Å². The van der Waals surface area contributed by atoms with Gasteiger partial charge in [0.1, 0.15) is 30.4 Å². The van der Waals surface area contributed by atoms with Gasteiger partial charge in [0.05, 0.1) is 19.0 Å². The summed E-state index contributed by atoms with van der Waals surface area (Å²) in [4.78, 5) is 24.3. The number of para-hydroxylation sites is 1. The van der Waals surface area contributed by atoms with Gasteiger partial charge in [-0.05, 0) is 12.1 Å². The van der Waals surface area contributed by atoms with E-state index in [9.17, 15) is 28.5 Å². The molecule has 0 radical (unpaired) electrons. The molecule has 0 aliphatic carbocycles. The molecule has 15 heteroatoms. The molecule has 3 heterocycles. The average Bonchev–Trinajstić information content (AvgIpc) is 3.33. The number of nitrogens with one attached hydrogen (secondary N) is 2. The molecule has 1 aromatic carbocycles. The van der Waals surface area contributed by atoms with Crippen LogP contribution in [0.15, 0.2) is 36.9 Å². The predicted octanol–water partition coefficient (Wildman–Crippen LogP) is -1.58. The van der Waals surface area contributed by atoms with Gasteiger partial charge in [-0.15, -0.1) is 0 Å². The van der Waals surface area contributed by atoms with Gasteiger partial charge >= 0.3 is 10.2 Å². The first-order chi connectivity index (χ1) is 15.7. The number of imidazole rings is 1. The number of aliphatic hydroxyl groups excluding tert-OH is 2. The molecule has 176 valence electrons. The molecule has 0 spiro atoms. The van der Waals surface area contributed by atoms with Gasteiger partial charge in [0, 0.05) is 6.54 Å². The lowest BCUT2D eigenvalue weighted by atomic mass is 10.1. The summed E-state index contributed by atoms with van der Waals surface area (Å²) in [7, 11) is -2.97. The van der Waals surface area contributed by atoms with Crippen molar-refractivity contribution >= 4 is 27.3 Å². The second kappa shape index (κ2) is 8.87. The molecular weight excluding hydrogens is 460 g/mol. The number of ether oxygens (including phenoxy) is 2. The predicted molar refractivity (Wildman–Crippen MR) is 110 cm³/mol. The van der Waals surface area contributed by atoms with E-state index >= 15 is 0 Å². The lowest BCUT2D eigenvalue weighted by Crippen LogP contribution is -2.45. The summed E-state index contributed by atoms with van der Waals surface area (Å²) in [5.41, 5.74) is 0.343. The van der Waals surface area contributed by atoms with Gasteiger partial charge in [0.25, 0.3) is 5.91 Å². The zero-order valence-electron chi connectivity index (χ0n) is 17.1. The lowest BCUT2D eigenvalue weighted by molar-refractivity contribution is -0.0330. The molecule has 1 aliphatic heterocycles. The lowest BCUT2D eigenvalue weighted by Gasteiger charge is -2.16. The minimum absolute atomic E-state index is 0.205. The number of hydrogen-bond donors (Lipinski definition) is 5. The summed E-state index contributed by atoms with van der Waals surface area (Å²) < 4.78 is 40.5. The van der Waals surface area contributed by atoms with E-state index in [0.29, 0.717) is 5.52 Å². The summed E-state index contributed by atoms with van der Waals surface area (Å²) in [5, 5.41) is 30.5. The van der Waals surface area contributed by atoms with Crippen LogP contribution in [0.25, 0.3) is 11.2 Å².